The molecule has 0 aromatic carbocycles. The van der Waals surface area contributed by atoms with Gasteiger partial charge in [0.05, 0.1) is 12.1 Å². The van der Waals surface area contributed by atoms with E-state index < -0.39 is 0 Å². The van der Waals surface area contributed by atoms with Crippen molar-refractivity contribution < 1.29 is 14.3 Å². The zero-order valence-electron chi connectivity index (χ0n) is 11.5. The summed E-state index contributed by atoms with van der Waals surface area (Å²) >= 11 is 0. The van der Waals surface area contributed by atoms with Crippen LogP contribution in [0.25, 0.3) is 0 Å². The fourth-order valence-corrected chi connectivity index (χ4v) is 2.29. The van der Waals surface area contributed by atoms with Crippen LogP contribution in [0.1, 0.15) is 12.8 Å². The molecule has 2 rings (SSSR count). The second-order valence-electron chi connectivity index (χ2n) is 4.77. The zero-order valence-corrected chi connectivity index (χ0v) is 11.5. The second-order valence-corrected chi connectivity index (χ2v) is 4.77. The molecule has 0 bridgehead atoms. The van der Waals surface area contributed by atoms with Crippen LogP contribution in [0.3, 0.4) is 0 Å². The summed E-state index contributed by atoms with van der Waals surface area (Å²) in [5.74, 6) is 0.356. The molecule has 1 aromatic rings. The third kappa shape index (κ3) is 3.69. The highest BCUT2D eigenvalue weighted by molar-refractivity contribution is 5.81. The number of hydrogen-bond donors (Lipinski definition) is 1. The SMILES string of the molecule is CNC(=O)C1CCCN(C(=O)COc2cccnc2)C1. The maximum absolute atomic E-state index is 12.1. The Labute approximate surface area is 118 Å². The summed E-state index contributed by atoms with van der Waals surface area (Å²) in [6, 6.07) is 3.51. The molecule has 20 heavy (non-hydrogen) atoms. The van der Waals surface area contributed by atoms with Crippen molar-refractivity contribution in [3.05, 3.63) is 24.5 Å². The van der Waals surface area contributed by atoms with Crippen LogP contribution < -0.4 is 10.1 Å². The Bertz CT molecular complexity index is 464. The largest absolute Gasteiger partial charge is 0.482 e. The van der Waals surface area contributed by atoms with E-state index in [-0.39, 0.29) is 24.3 Å². The second kappa shape index (κ2) is 6.88. The van der Waals surface area contributed by atoms with Crippen molar-refractivity contribution in [2.24, 2.45) is 5.92 Å². The van der Waals surface area contributed by atoms with E-state index in [4.69, 9.17) is 4.74 Å². The van der Waals surface area contributed by atoms with Crippen molar-refractivity contribution in [1.29, 1.82) is 0 Å². The summed E-state index contributed by atoms with van der Waals surface area (Å²) < 4.78 is 5.39. The summed E-state index contributed by atoms with van der Waals surface area (Å²) in [5.41, 5.74) is 0. The van der Waals surface area contributed by atoms with E-state index in [1.807, 2.05) is 0 Å². The predicted octanol–water partition coefficient (Wildman–Crippen LogP) is 0.445. The number of amides is 2. The van der Waals surface area contributed by atoms with Crippen LogP contribution in [0.15, 0.2) is 24.5 Å². The van der Waals surface area contributed by atoms with Crippen LogP contribution in [0, 0.1) is 5.92 Å². The number of nitrogens with one attached hydrogen (secondary N) is 1. The first kappa shape index (κ1) is 14.3. The number of rotatable bonds is 4. The first-order valence-corrected chi connectivity index (χ1v) is 6.73. The minimum Gasteiger partial charge on any atom is -0.482 e. The van der Waals surface area contributed by atoms with E-state index in [1.54, 1.807) is 36.5 Å². The Morgan fingerprint density at radius 3 is 3.10 bits per heavy atom. The lowest BCUT2D eigenvalue weighted by atomic mass is 9.97. The number of nitrogens with zero attached hydrogens (tertiary/aromatic N) is 2. The quantitative estimate of drug-likeness (QED) is 0.867. The van der Waals surface area contributed by atoms with Crippen molar-refractivity contribution in [2.45, 2.75) is 12.8 Å². The third-order valence-corrected chi connectivity index (χ3v) is 3.39. The Morgan fingerprint density at radius 1 is 1.55 bits per heavy atom. The molecule has 2 amide bonds. The molecular weight excluding hydrogens is 258 g/mol. The smallest absolute Gasteiger partial charge is 0.260 e. The lowest BCUT2D eigenvalue weighted by Gasteiger charge is -2.31. The molecule has 1 aliphatic rings. The van der Waals surface area contributed by atoms with Crippen LogP contribution in [-0.4, -0.2) is 48.4 Å². The molecular formula is C14H19N3O3. The molecule has 6 heteroatoms. The molecule has 0 spiro atoms. The van der Waals surface area contributed by atoms with Gasteiger partial charge in [-0.15, -0.1) is 0 Å². The third-order valence-electron chi connectivity index (χ3n) is 3.39. The molecule has 0 aliphatic carbocycles. The number of aromatic nitrogens is 1. The Morgan fingerprint density at radius 2 is 2.40 bits per heavy atom. The molecule has 1 unspecified atom stereocenters. The van der Waals surface area contributed by atoms with Gasteiger partial charge in [0.15, 0.2) is 6.61 Å². The van der Waals surface area contributed by atoms with E-state index in [0.717, 1.165) is 12.8 Å². The Balaban J connectivity index is 1.84. The summed E-state index contributed by atoms with van der Waals surface area (Å²) in [7, 11) is 1.62. The van der Waals surface area contributed by atoms with Gasteiger partial charge < -0.3 is 15.0 Å². The van der Waals surface area contributed by atoms with Crippen LogP contribution >= 0.6 is 0 Å². The molecule has 1 aliphatic heterocycles. The molecule has 0 radical (unpaired) electrons. The maximum atomic E-state index is 12.1. The average Bonchev–Trinajstić information content (AvgIpc) is 2.53. The first-order chi connectivity index (χ1) is 9.70. The Kier molecular flexibility index (Phi) is 4.92. The highest BCUT2D eigenvalue weighted by Gasteiger charge is 2.27. The van der Waals surface area contributed by atoms with E-state index in [0.29, 0.717) is 18.8 Å². The molecule has 0 saturated carbocycles. The van der Waals surface area contributed by atoms with Gasteiger partial charge >= 0.3 is 0 Å². The number of carbonyl (C=O) groups excluding carboxylic acids is 2. The monoisotopic (exact) mass is 277 g/mol. The summed E-state index contributed by atoms with van der Waals surface area (Å²) in [5, 5.41) is 2.64. The van der Waals surface area contributed by atoms with Gasteiger partial charge in [-0.3, -0.25) is 14.6 Å². The van der Waals surface area contributed by atoms with E-state index in [2.05, 4.69) is 10.3 Å². The number of hydrogen-bond acceptors (Lipinski definition) is 4. The molecule has 6 nitrogen and oxygen atoms in total. The van der Waals surface area contributed by atoms with Crippen molar-refractivity contribution in [1.82, 2.24) is 15.2 Å². The van der Waals surface area contributed by atoms with Gasteiger partial charge in [-0.2, -0.15) is 0 Å². The number of pyridine rings is 1. The van der Waals surface area contributed by atoms with Crippen LogP contribution in [0.2, 0.25) is 0 Å². The van der Waals surface area contributed by atoms with E-state index in [9.17, 15) is 9.59 Å². The van der Waals surface area contributed by atoms with Crippen LogP contribution in [0.4, 0.5) is 0 Å². The average molecular weight is 277 g/mol. The van der Waals surface area contributed by atoms with Gasteiger partial charge in [0.25, 0.3) is 5.91 Å². The summed E-state index contributed by atoms with van der Waals surface area (Å²) in [6.45, 7) is 1.13. The van der Waals surface area contributed by atoms with Crippen molar-refractivity contribution in [3.63, 3.8) is 0 Å². The molecule has 2 heterocycles. The minimum atomic E-state index is -0.115. The van der Waals surface area contributed by atoms with Gasteiger partial charge in [0.1, 0.15) is 5.75 Å². The van der Waals surface area contributed by atoms with Crippen LogP contribution in [0.5, 0.6) is 5.75 Å². The standard InChI is InChI=1S/C14H19N3O3/c1-15-14(19)11-4-3-7-17(9-11)13(18)10-20-12-5-2-6-16-8-12/h2,5-6,8,11H,3-4,7,9-10H2,1H3,(H,15,19). The fraction of sp³-hybridized carbons (Fsp3) is 0.500. The number of ether oxygens (including phenoxy) is 1. The van der Waals surface area contributed by atoms with Gasteiger partial charge in [-0.25, -0.2) is 0 Å². The predicted molar refractivity (Wildman–Crippen MR) is 73.1 cm³/mol. The Hall–Kier alpha value is -2.11. The first-order valence-electron chi connectivity index (χ1n) is 6.73. The maximum Gasteiger partial charge on any atom is 0.260 e. The highest BCUT2D eigenvalue weighted by Crippen LogP contribution is 2.17. The molecule has 1 aromatic heterocycles. The molecule has 108 valence electrons. The van der Waals surface area contributed by atoms with Crippen molar-refractivity contribution in [3.8, 4) is 5.75 Å². The van der Waals surface area contributed by atoms with Crippen LogP contribution in [-0.2, 0) is 9.59 Å². The normalized spacial score (nSPS) is 18.4. The topological polar surface area (TPSA) is 71.5 Å². The summed E-state index contributed by atoms with van der Waals surface area (Å²) in [6.07, 6.45) is 4.88. The fourth-order valence-electron chi connectivity index (χ4n) is 2.29. The van der Waals surface area contributed by atoms with Gasteiger partial charge in [-0.1, -0.05) is 0 Å². The van der Waals surface area contributed by atoms with Gasteiger partial charge in [0, 0.05) is 26.3 Å². The van der Waals surface area contributed by atoms with E-state index >= 15 is 0 Å². The molecule has 1 N–H and O–H groups in total. The number of piperidine rings is 1. The molecule has 1 fully saturated rings. The van der Waals surface area contributed by atoms with E-state index in [1.165, 1.54) is 0 Å². The van der Waals surface area contributed by atoms with Crippen molar-refractivity contribution >= 4 is 11.8 Å². The summed E-state index contributed by atoms with van der Waals surface area (Å²) in [4.78, 5) is 29.3. The highest BCUT2D eigenvalue weighted by atomic mass is 16.5. The molecule has 1 atom stereocenters. The van der Waals surface area contributed by atoms with Gasteiger partial charge in [-0.05, 0) is 25.0 Å². The van der Waals surface area contributed by atoms with Crippen molar-refractivity contribution in [2.75, 3.05) is 26.7 Å². The molecule has 1 saturated heterocycles. The number of likely N-dealkylation sites (tertiary alicyclic amines) is 1. The number of carbonyl (C=O) groups is 2. The lowest BCUT2D eigenvalue weighted by Crippen LogP contribution is -2.46. The lowest BCUT2D eigenvalue weighted by molar-refractivity contribution is -0.137. The van der Waals surface area contributed by atoms with Gasteiger partial charge in [0.2, 0.25) is 5.91 Å². The minimum absolute atomic E-state index is 0.00400. The zero-order chi connectivity index (χ0) is 14.4.